The topological polar surface area (TPSA) is 130 Å². The van der Waals surface area contributed by atoms with Gasteiger partial charge in [-0.05, 0) is 49.7 Å². The third-order valence-electron chi connectivity index (χ3n) is 12.0. The van der Waals surface area contributed by atoms with Crippen molar-refractivity contribution in [2.75, 3.05) is 6.61 Å². The fraction of sp³-hybridized carbons (Fsp3) is 0.816. The molecule has 0 saturated heterocycles. The lowest BCUT2D eigenvalue weighted by atomic mass is 9.59. The van der Waals surface area contributed by atoms with Crippen LogP contribution in [-0.4, -0.2) is 63.1 Å². The van der Waals surface area contributed by atoms with Gasteiger partial charge in [-0.1, -0.05) is 112 Å². The molecule has 1 spiro atoms. The second-order valence-corrected chi connectivity index (χ2v) is 15.7. The molecule has 3 rings (SSSR count). The van der Waals surface area contributed by atoms with Crippen molar-refractivity contribution in [2.24, 2.45) is 34.5 Å². The Morgan fingerprint density at radius 3 is 2.09 bits per heavy atom. The molecule has 3 N–H and O–H groups in total. The van der Waals surface area contributed by atoms with Crippen LogP contribution in [0, 0.1) is 34.5 Å². The van der Waals surface area contributed by atoms with Crippen molar-refractivity contribution in [1.82, 2.24) is 0 Å². The number of ether oxygens (including phenoxy) is 2. The number of carbonyl (C=O) groups is 3. The Hall–Kier alpha value is -2.03. The Labute approximate surface area is 277 Å². The van der Waals surface area contributed by atoms with Gasteiger partial charge in [0.2, 0.25) is 0 Å². The van der Waals surface area contributed by atoms with Crippen molar-refractivity contribution < 1.29 is 39.2 Å². The first-order chi connectivity index (χ1) is 21.4. The molecule has 46 heavy (non-hydrogen) atoms. The lowest BCUT2D eigenvalue weighted by Gasteiger charge is -2.48. The second-order valence-electron chi connectivity index (χ2n) is 15.7. The number of esters is 2. The monoisotopic (exact) mass is 646 g/mol. The molecule has 6 unspecified atom stereocenters. The first kappa shape index (κ1) is 38.4. The predicted octanol–water partition coefficient (Wildman–Crippen LogP) is 6.64. The van der Waals surface area contributed by atoms with Gasteiger partial charge in [0.1, 0.15) is 30.0 Å². The molecule has 8 atom stereocenters. The van der Waals surface area contributed by atoms with Crippen molar-refractivity contribution in [3.8, 4) is 0 Å². The number of carbonyl (C=O) groups excluding carboxylic acids is 3. The Morgan fingerprint density at radius 2 is 1.52 bits per heavy atom. The summed E-state index contributed by atoms with van der Waals surface area (Å²) in [5.41, 5.74) is -5.51. The van der Waals surface area contributed by atoms with Crippen LogP contribution in [0.5, 0.6) is 0 Å². The van der Waals surface area contributed by atoms with Crippen LogP contribution in [0.2, 0.25) is 0 Å². The van der Waals surface area contributed by atoms with Crippen molar-refractivity contribution in [3.05, 3.63) is 23.3 Å². The standard InChI is InChI=1S/C38H62O8/c1-10-11-12-13-14-15-16-17-18-19-30(39)46-36(9)22-26(5)37-21-25(4)31(40)38(37,44)32(41)28(20-29(33(37)42)35(36,7)8)23-45-34(43)27(6)24(2)3/h20-21,24,26-27,29,31-32,40-41,44H,10-19,22-23H2,1-9H3/t26-,27?,29?,31?,32?,36-,37?,38?/m1/s1. The van der Waals surface area contributed by atoms with E-state index in [2.05, 4.69) is 6.92 Å². The lowest BCUT2D eigenvalue weighted by molar-refractivity contribution is -0.192. The zero-order valence-electron chi connectivity index (χ0n) is 30.0. The summed E-state index contributed by atoms with van der Waals surface area (Å²) in [5.74, 6) is -3.02. The minimum Gasteiger partial charge on any atom is -0.461 e. The number of hydrogen-bond acceptors (Lipinski definition) is 8. The largest absolute Gasteiger partial charge is 0.461 e. The molecular formula is C38H62O8. The predicted molar refractivity (Wildman–Crippen MR) is 179 cm³/mol. The molecule has 8 nitrogen and oxygen atoms in total. The minimum atomic E-state index is -2.30. The molecule has 1 fully saturated rings. The van der Waals surface area contributed by atoms with E-state index in [0.717, 1.165) is 19.3 Å². The van der Waals surface area contributed by atoms with E-state index in [-0.39, 0.29) is 42.7 Å². The summed E-state index contributed by atoms with van der Waals surface area (Å²) in [6.45, 7) is 16.5. The smallest absolute Gasteiger partial charge is 0.309 e. The highest BCUT2D eigenvalue weighted by Crippen LogP contribution is 2.63. The van der Waals surface area contributed by atoms with Gasteiger partial charge in [-0.25, -0.2) is 0 Å². The third-order valence-corrected chi connectivity index (χ3v) is 12.0. The van der Waals surface area contributed by atoms with Gasteiger partial charge in [0.15, 0.2) is 5.78 Å². The molecule has 0 heterocycles. The summed E-state index contributed by atoms with van der Waals surface area (Å²) < 4.78 is 12.0. The third kappa shape index (κ3) is 6.91. The first-order valence-electron chi connectivity index (χ1n) is 17.8. The summed E-state index contributed by atoms with van der Waals surface area (Å²) in [6.07, 6.45) is 10.8. The quantitative estimate of drug-likeness (QED) is 0.103. The maximum absolute atomic E-state index is 14.8. The van der Waals surface area contributed by atoms with E-state index in [0.29, 0.717) is 5.57 Å². The molecule has 262 valence electrons. The van der Waals surface area contributed by atoms with Crippen LogP contribution in [0.25, 0.3) is 0 Å². The maximum Gasteiger partial charge on any atom is 0.309 e. The minimum absolute atomic E-state index is 0.0338. The van der Waals surface area contributed by atoms with Gasteiger partial charge in [-0.15, -0.1) is 0 Å². The highest BCUT2D eigenvalue weighted by Gasteiger charge is 2.73. The summed E-state index contributed by atoms with van der Waals surface area (Å²) >= 11 is 0. The van der Waals surface area contributed by atoms with Crippen LogP contribution in [0.4, 0.5) is 0 Å². The van der Waals surface area contributed by atoms with Gasteiger partial charge < -0.3 is 24.8 Å². The molecule has 0 radical (unpaired) electrons. The van der Waals surface area contributed by atoms with Crippen molar-refractivity contribution >= 4 is 17.7 Å². The van der Waals surface area contributed by atoms with Crippen molar-refractivity contribution in [3.63, 3.8) is 0 Å². The molecule has 0 aromatic carbocycles. The number of allylic oxidation sites excluding steroid dienone is 1. The van der Waals surface area contributed by atoms with E-state index in [1.807, 2.05) is 41.5 Å². The molecule has 3 aliphatic rings. The SMILES string of the molecule is CCCCCCCCCCCC(=O)O[C@]1(C)C[C@@H](C)C23C=C(C)C(O)C2(O)C(O)C(COC(=O)C(C)C(C)C)=CC(C3=O)C1(C)C. The summed E-state index contributed by atoms with van der Waals surface area (Å²) in [7, 11) is 0. The van der Waals surface area contributed by atoms with Gasteiger partial charge in [0.25, 0.3) is 0 Å². The first-order valence-corrected chi connectivity index (χ1v) is 17.8. The Balaban J connectivity index is 1.91. The van der Waals surface area contributed by atoms with Gasteiger partial charge in [0, 0.05) is 17.8 Å². The average molecular weight is 647 g/mol. The van der Waals surface area contributed by atoms with Crippen LogP contribution in [0.15, 0.2) is 23.3 Å². The Kier molecular flexibility index (Phi) is 12.6. The number of rotatable bonds is 15. The fourth-order valence-corrected chi connectivity index (χ4v) is 8.09. The normalized spacial score (nSPS) is 34.2. The lowest BCUT2D eigenvalue weighted by Crippen LogP contribution is -2.65. The molecule has 0 amide bonds. The van der Waals surface area contributed by atoms with Crippen LogP contribution in [0.3, 0.4) is 0 Å². The number of ketones is 1. The number of aliphatic hydroxyl groups excluding tert-OH is 2. The Morgan fingerprint density at radius 1 is 0.957 bits per heavy atom. The summed E-state index contributed by atoms with van der Waals surface area (Å²) in [6, 6.07) is 0. The van der Waals surface area contributed by atoms with Gasteiger partial charge in [-0.2, -0.15) is 0 Å². The van der Waals surface area contributed by atoms with Gasteiger partial charge in [0.05, 0.1) is 11.3 Å². The average Bonchev–Trinajstić information content (AvgIpc) is 3.14. The van der Waals surface area contributed by atoms with E-state index in [1.54, 1.807) is 26.0 Å². The number of fused-ring (bicyclic) bond motifs is 1. The van der Waals surface area contributed by atoms with E-state index in [9.17, 15) is 29.7 Å². The van der Waals surface area contributed by atoms with E-state index >= 15 is 0 Å². The van der Waals surface area contributed by atoms with E-state index in [4.69, 9.17) is 9.47 Å². The number of aliphatic hydroxyl groups is 3. The number of unbranched alkanes of at least 4 members (excludes halogenated alkanes) is 8. The summed E-state index contributed by atoms with van der Waals surface area (Å²) in [5, 5.41) is 35.6. The molecule has 3 aliphatic carbocycles. The molecule has 2 bridgehead atoms. The van der Waals surface area contributed by atoms with Crippen LogP contribution in [0.1, 0.15) is 133 Å². The van der Waals surface area contributed by atoms with Crippen molar-refractivity contribution in [1.29, 1.82) is 0 Å². The molecule has 0 aliphatic heterocycles. The summed E-state index contributed by atoms with van der Waals surface area (Å²) in [4.78, 5) is 41.0. The fourth-order valence-electron chi connectivity index (χ4n) is 8.09. The van der Waals surface area contributed by atoms with Gasteiger partial charge >= 0.3 is 11.9 Å². The Bertz CT molecular complexity index is 1170. The molecular weight excluding hydrogens is 584 g/mol. The molecule has 0 aromatic heterocycles. The number of hydrogen-bond donors (Lipinski definition) is 3. The molecule has 8 heteroatoms. The highest BCUT2D eigenvalue weighted by atomic mass is 16.6. The van der Waals surface area contributed by atoms with Crippen LogP contribution in [-0.2, 0) is 23.9 Å². The number of Topliss-reactive ketones (excluding diaryl/α,β-unsaturated/α-hetero) is 1. The van der Waals surface area contributed by atoms with Crippen LogP contribution < -0.4 is 0 Å². The van der Waals surface area contributed by atoms with Crippen molar-refractivity contribution in [2.45, 2.75) is 156 Å². The second kappa shape index (κ2) is 15.0. The zero-order valence-corrected chi connectivity index (χ0v) is 30.0. The van der Waals surface area contributed by atoms with Crippen LogP contribution >= 0.6 is 0 Å². The van der Waals surface area contributed by atoms with E-state index < -0.39 is 58.0 Å². The van der Waals surface area contributed by atoms with E-state index in [1.165, 1.54) is 38.5 Å². The molecule has 0 aromatic rings. The maximum atomic E-state index is 14.8. The zero-order chi connectivity index (χ0) is 34.7. The highest BCUT2D eigenvalue weighted by molar-refractivity contribution is 5.95. The van der Waals surface area contributed by atoms with Gasteiger partial charge in [-0.3, -0.25) is 14.4 Å². The molecule has 1 saturated carbocycles.